The van der Waals surface area contributed by atoms with Crippen molar-refractivity contribution in [2.45, 2.75) is 32.6 Å². The van der Waals surface area contributed by atoms with Crippen molar-refractivity contribution in [2.75, 3.05) is 18.5 Å². The van der Waals surface area contributed by atoms with Crippen LogP contribution in [0.3, 0.4) is 0 Å². The van der Waals surface area contributed by atoms with Gasteiger partial charge in [0, 0.05) is 16.8 Å². The Morgan fingerprint density at radius 3 is 2.52 bits per heavy atom. The first-order chi connectivity index (χ1) is 12.2. The molecule has 2 aromatic carbocycles. The standard InChI is InChI=1S/C20H24ClNO3/c1-2-3-4-5-12-24-18-10-7-11-19(14-18)25-15-20(23)22-17-9-6-8-16(21)13-17/h6-11,13-14H,2-5,12,15H2,1H3,(H,22,23). The van der Waals surface area contributed by atoms with Crippen molar-refractivity contribution in [3.05, 3.63) is 53.6 Å². The van der Waals surface area contributed by atoms with Crippen LogP contribution in [-0.4, -0.2) is 19.1 Å². The van der Waals surface area contributed by atoms with Crippen molar-refractivity contribution in [3.63, 3.8) is 0 Å². The van der Waals surface area contributed by atoms with Crippen LogP contribution in [0, 0.1) is 0 Å². The lowest BCUT2D eigenvalue weighted by Gasteiger charge is -2.10. The van der Waals surface area contributed by atoms with E-state index in [2.05, 4.69) is 12.2 Å². The summed E-state index contributed by atoms with van der Waals surface area (Å²) < 4.78 is 11.2. The summed E-state index contributed by atoms with van der Waals surface area (Å²) in [6, 6.07) is 14.3. The van der Waals surface area contributed by atoms with Gasteiger partial charge in [-0.1, -0.05) is 49.9 Å². The molecule has 0 saturated carbocycles. The number of hydrogen-bond acceptors (Lipinski definition) is 3. The van der Waals surface area contributed by atoms with E-state index in [1.54, 1.807) is 36.4 Å². The summed E-state index contributed by atoms with van der Waals surface area (Å²) in [4.78, 5) is 11.9. The SMILES string of the molecule is CCCCCCOc1cccc(OCC(=O)Nc2cccc(Cl)c2)c1. The fourth-order valence-corrected chi connectivity index (χ4v) is 2.48. The maximum atomic E-state index is 11.9. The van der Waals surface area contributed by atoms with Crippen LogP contribution in [0.25, 0.3) is 0 Å². The summed E-state index contributed by atoms with van der Waals surface area (Å²) in [6.07, 6.45) is 4.66. The van der Waals surface area contributed by atoms with E-state index in [0.29, 0.717) is 23.1 Å². The van der Waals surface area contributed by atoms with Gasteiger partial charge < -0.3 is 14.8 Å². The second kappa shape index (κ2) is 10.6. The molecule has 0 unspecified atom stereocenters. The van der Waals surface area contributed by atoms with Crippen molar-refractivity contribution in [1.82, 2.24) is 0 Å². The Kier molecular flexibility index (Phi) is 8.13. The predicted molar refractivity (Wildman–Crippen MR) is 102 cm³/mol. The molecule has 0 aliphatic carbocycles. The zero-order chi connectivity index (χ0) is 17.9. The second-order valence-corrected chi connectivity index (χ2v) is 6.17. The van der Waals surface area contributed by atoms with E-state index < -0.39 is 0 Å². The lowest BCUT2D eigenvalue weighted by atomic mass is 10.2. The Morgan fingerprint density at radius 2 is 1.76 bits per heavy atom. The van der Waals surface area contributed by atoms with E-state index in [1.807, 2.05) is 12.1 Å². The van der Waals surface area contributed by atoms with Crippen molar-refractivity contribution < 1.29 is 14.3 Å². The van der Waals surface area contributed by atoms with Gasteiger partial charge in [0.05, 0.1) is 6.61 Å². The highest BCUT2D eigenvalue weighted by atomic mass is 35.5. The highest BCUT2D eigenvalue weighted by Gasteiger charge is 2.05. The van der Waals surface area contributed by atoms with Crippen LogP contribution < -0.4 is 14.8 Å². The number of hydrogen-bond donors (Lipinski definition) is 1. The number of anilines is 1. The molecule has 0 radical (unpaired) electrons. The highest BCUT2D eigenvalue weighted by Crippen LogP contribution is 2.20. The second-order valence-electron chi connectivity index (χ2n) is 5.73. The molecular weight excluding hydrogens is 338 g/mol. The third-order valence-corrected chi connectivity index (χ3v) is 3.79. The van der Waals surface area contributed by atoms with E-state index >= 15 is 0 Å². The van der Waals surface area contributed by atoms with Crippen molar-refractivity contribution in [1.29, 1.82) is 0 Å². The number of unbranched alkanes of at least 4 members (excludes halogenated alkanes) is 3. The van der Waals surface area contributed by atoms with Crippen LogP contribution in [0.1, 0.15) is 32.6 Å². The Morgan fingerprint density at radius 1 is 1.00 bits per heavy atom. The molecule has 0 fully saturated rings. The summed E-state index contributed by atoms with van der Waals surface area (Å²) in [7, 11) is 0. The first kappa shape index (κ1) is 19.1. The molecule has 2 aromatic rings. The summed E-state index contributed by atoms with van der Waals surface area (Å²) in [5, 5.41) is 3.31. The van der Waals surface area contributed by atoms with Gasteiger partial charge in [0.15, 0.2) is 6.61 Å². The van der Waals surface area contributed by atoms with Crippen LogP contribution in [0.2, 0.25) is 5.02 Å². The van der Waals surface area contributed by atoms with Crippen LogP contribution in [0.4, 0.5) is 5.69 Å². The molecule has 0 bridgehead atoms. The monoisotopic (exact) mass is 361 g/mol. The fraction of sp³-hybridized carbons (Fsp3) is 0.350. The van der Waals surface area contributed by atoms with Crippen LogP contribution in [-0.2, 0) is 4.79 Å². The molecule has 0 heterocycles. The third-order valence-electron chi connectivity index (χ3n) is 3.55. The van der Waals surface area contributed by atoms with Gasteiger partial charge in [0.25, 0.3) is 5.91 Å². The molecule has 0 spiro atoms. The van der Waals surface area contributed by atoms with Crippen LogP contribution >= 0.6 is 11.6 Å². The minimum Gasteiger partial charge on any atom is -0.493 e. The molecule has 0 aliphatic heterocycles. The first-order valence-electron chi connectivity index (χ1n) is 8.58. The summed E-state index contributed by atoms with van der Waals surface area (Å²) in [5.74, 6) is 1.12. The van der Waals surface area contributed by atoms with E-state index in [-0.39, 0.29) is 12.5 Å². The molecule has 2 rings (SSSR count). The van der Waals surface area contributed by atoms with E-state index in [4.69, 9.17) is 21.1 Å². The topological polar surface area (TPSA) is 47.6 Å². The number of benzene rings is 2. The van der Waals surface area contributed by atoms with Gasteiger partial charge in [0.1, 0.15) is 11.5 Å². The average Bonchev–Trinajstić information content (AvgIpc) is 2.60. The summed E-state index contributed by atoms with van der Waals surface area (Å²) in [5.41, 5.74) is 0.644. The fourth-order valence-electron chi connectivity index (χ4n) is 2.28. The molecule has 1 amide bonds. The van der Waals surface area contributed by atoms with Crippen LogP contribution in [0.5, 0.6) is 11.5 Å². The minimum absolute atomic E-state index is 0.0769. The minimum atomic E-state index is -0.242. The Bertz CT molecular complexity index is 675. The average molecular weight is 362 g/mol. The molecule has 0 aromatic heterocycles. The maximum Gasteiger partial charge on any atom is 0.262 e. The Labute approximate surface area is 154 Å². The number of rotatable bonds is 10. The van der Waals surface area contributed by atoms with Gasteiger partial charge in [-0.15, -0.1) is 0 Å². The van der Waals surface area contributed by atoms with Crippen molar-refractivity contribution >= 4 is 23.2 Å². The van der Waals surface area contributed by atoms with E-state index in [0.717, 1.165) is 12.2 Å². The van der Waals surface area contributed by atoms with Crippen LogP contribution in [0.15, 0.2) is 48.5 Å². The highest BCUT2D eigenvalue weighted by molar-refractivity contribution is 6.30. The Balaban J connectivity index is 1.76. The number of halogens is 1. The third kappa shape index (κ3) is 7.48. The number of carbonyl (C=O) groups is 1. The lowest BCUT2D eigenvalue weighted by molar-refractivity contribution is -0.118. The van der Waals surface area contributed by atoms with Gasteiger partial charge in [-0.25, -0.2) is 0 Å². The smallest absolute Gasteiger partial charge is 0.262 e. The quantitative estimate of drug-likeness (QED) is 0.583. The normalized spacial score (nSPS) is 10.3. The zero-order valence-corrected chi connectivity index (χ0v) is 15.2. The first-order valence-corrected chi connectivity index (χ1v) is 8.96. The van der Waals surface area contributed by atoms with Gasteiger partial charge >= 0.3 is 0 Å². The molecule has 134 valence electrons. The summed E-state index contributed by atoms with van der Waals surface area (Å²) in [6.45, 7) is 2.80. The van der Waals surface area contributed by atoms with Gasteiger partial charge in [-0.3, -0.25) is 4.79 Å². The molecule has 25 heavy (non-hydrogen) atoms. The van der Waals surface area contributed by atoms with Gasteiger partial charge in [0.2, 0.25) is 0 Å². The maximum absolute atomic E-state index is 11.9. The Hall–Kier alpha value is -2.20. The number of carbonyl (C=O) groups excluding carboxylic acids is 1. The molecule has 0 saturated heterocycles. The molecule has 1 N–H and O–H groups in total. The predicted octanol–water partition coefficient (Wildman–Crippen LogP) is 5.32. The van der Waals surface area contributed by atoms with Crippen molar-refractivity contribution in [3.8, 4) is 11.5 Å². The summed E-state index contributed by atoms with van der Waals surface area (Å²) >= 11 is 5.89. The molecule has 0 atom stereocenters. The van der Waals surface area contributed by atoms with Crippen molar-refractivity contribution in [2.24, 2.45) is 0 Å². The number of nitrogens with one attached hydrogen (secondary N) is 1. The lowest BCUT2D eigenvalue weighted by Crippen LogP contribution is -2.20. The number of amides is 1. The van der Waals surface area contributed by atoms with Gasteiger partial charge in [-0.2, -0.15) is 0 Å². The van der Waals surface area contributed by atoms with E-state index in [1.165, 1.54) is 19.3 Å². The zero-order valence-electron chi connectivity index (χ0n) is 14.5. The molecule has 5 heteroatoms. The number of ether oxygens (including phenoxy) is 2. The molecule has 0 aliphatic rings. The van der Waals surface area contributed by atoms with Gasteiger partial charge in [-0.05, 0) is 36.8 Å². The largest absolute Gasteiger partial charge is 0.493 e. The van der Waals surface area contributed by atoms with E-state index in [9.17, 15) is 4.79 Å². The molecule has 4 nitrogen and oxygen atoms in total. The molecular formula is C20H24ClNO3.